The number of fused-ring (bicyclic) bond motifs is 1. The first-order chi connectivity index (χ1) is 10.3. The Morgan fingerprint density at radius 2 is 2.29 bits per heavy atom. The Bertz CT molecular complexity index is 746. The number of nitrogens with zero attached hydrogens (tertiary/aromatic N) is 1. The Morgan fingerprint density at radius 1 is 1.38 bits per heavy atom. The Kier molecular flexibility index (Phi) is 3.59. The number of hydrogen-bond acceptors (Lipinski definition) is 3. The van der Waals surface area contributed by atoms with Crippen LogP contribution in [0.1, 0.15) is 15.9 Å². The molecule has 1 amide bonds. The van der Waals surface area contributed by atoms with Gasteiger partial charge in [-0.2, -0.15) is 5.10 Å². The van der Waals surface area contributed by atoms with Crippen molar-refractivity contribution in [3.8, 4) is 5.75 Å². The lowest BCUT2D eigenvalue weighted by molar-refractivity contribution is 0.0954. The molecule has 21 heavy (non-hydrogen) atoms. The van der Waals surface area contributed by atoms with Gasteiger partial charge in [0.15, 0.2) is 0 Å². The van der Waals surface area contributed by atoms with Crippen molar-refractivity contribution in [1.29, 1.82) is 0 Å². The zero-order chi connectivity index (χ0) is 14.7. The first kappa shape index (κ1) is 13.2. The van der Waals surface area contributed by atoms with E-state index in [0.717, 1.165) is 28.6 Å². The molecule has 0 radical (unpaired) electrons. The van der Waals surface area contributed by atoms with Gasteiger partial charge in [0, 0.05) is 29.8 Å². The van der Waals surface area contributed by atoms with Crippen molar-refractivity contribution in [3.05, 3.63) is 47.9 Å². The number of ether oxygens (including phenoxy) is 1. The van der Waals surface area contributed by atoms with Crippen LogP contribution in [0, 0.1) is 0 Å². The molecule has 0 saturated carbocycles. The molecule has 3 N–H and O–H groups in total. The standard InChI is InChI=1S/C15H16N4O2/c1-21-12-2-3-14-13(6-12)10(7-17-14)4-5-16-15(20)11-8-18-19-9-11/h2-3,6-9,17H,4-5H2,1H3,(H,16,20)(H,18,19). The highest BCUT2D eigenvalue weighted by molar-refractivity contribution is 5.93. The van der Waals surface area contributed by atoms with Crippen molar-refractivity contribution in [3.63, 3.8) is 0 Å². The third-order valence-corrected chi connectivity index (χ3v) is 3.41. The molecule has 0 spiro atoms. The number of nitrogens with one attached hydrogen (secondary N) is 3. The molecule has 0 unspecified atom stereocenters. The summed E-state index contributed by atoms with van der Waals surface area (Å²) in [6.45, 7) is 0.564. The minimum atomic E-state index is -0.124. The fraction of sp³-hybridized carbons (Fsp3) is 0.200. The molecule has 2 aromatic heterocycles. The number of carbonyl (C=O) groups excluding carboxylic acids is 1. The third kappa shape index (κ3) is 2.74. The van der Waals surface area contributed by atoms with Gasteiger partial charge in [-0.05, 0) is 30.2 Å². The second-order valence-electron chi connectivity index (χ2n) is 4.72. The molecular weight excluding hydrogens is 268 g/mol. The van der Waals surface area contributed by atoms with Crippen molar-refractivity contribution in [2.75, 3.05) is 13.7 Å². The van der Waals surface area contributed by atoms with Crippen LogP contribution in [0.4, 0.5) is 0 Å². The van der Waals surface area contributed by atoms with E-state index in [1.807, 2.05) is 24.4 Å². The van der Waals surface area contributed by atoms with Crippen LogP contribution in [0.5, 0.6) is 5.75 Å². The molecule has 108 valence electrons. The highest BCUT2D eigenvalue weighted by Crippen LogP contribution is 2.23. The molecule has 0 bridgehead atoms. The van der Waals surface area contributed by atoms with Crippen LogP contribution in [0.3, 0.4) is 0 Å². The normalized spacial score (nSPS) is 10.7. The van der Waals surface area contributed by atoms with Gasteiger partial charge >= 0.3 is 0 Å². The second kappa shape index (κ2) is 5.70. The number of aromatic amines is 2. The lowest BCUT2D eigenvalue weighted by Crippen LogP contribution is -2.25. The topological polar surface area (TPSA) is 82.8 Å². The van der Waals surface area contributed by atoms with E-state index in [-0.39, 0.29) is 5.91 Å². The maximum absolute atomic E-state index is 11.8. The van der Waals surface area contributed by atoms with Crippen molar-refractivity contribution in [1.82, 2.24) is 20.5 Å². The minimum Gasteiger partial charge on any atom is -0.497 e. The van der Waals surface area contributed by atoms with Crippen LogP contribution in [0.2, 0.25) is 0 Å². The van der Waals surface area contributed by atoms with Crippen molar-refractivity contribution >= 4 is 16.8 Å². The summed E-state index contributed by atoms with van der Waals surface area (Å²) in [5, 5.41) is 10.4. The number of carbonyl (C=O) groups is 1. The molecule has 6 heteroatoms. The highest BCUT2D eigenvalue weighted by atomic mass is 16.5. The molecule has 0 saturated heterocycles. The molecule has 2 heterocycles. The lowest BCUT2D eigenvalue weighted by Gasteiger charge is -2.04. The van der Waals surface area contributed by atoms with E-state index < -0.39 is 0 Å². The monoisotopic (exact) mass is 284 g/mol. The molecule has 0 atom stereocenters. The van der Waals surface area contributed by atoms with Gasteiger partial charge in [0.2, 0.25) is 0 Å². The van der Waals surface area contributed by atoms with Crippen LogP contribution < -0.4 is 10.1 Å². The van der Waals surface area contributed by atoms with Gasteiger partial charge in [0.1, 0.15) is 5.75 Å². The SMILES string of the molecule is COc1ccc2[nH]cc(CCNC(=O)c3cn[nH]c3)c2c1. The van der Waals surface area contributed by atoms with Crippen molar-refractivity contribution in [2.45, 2.75) is 6.42 Å². The Hall–Kier alpha value is -2.76. The Labute approximate surface area is 121 Å². The Morgan fingerprint density at radius 3 is 3.05 bits per heavy atom. The number of H-pyrrole nitrogens is 2. The molecule has 0 aliphatic heterocycles. The van der Waals surface area contributed by atoms with E-state index in [1.165, 1.54) is 6.20 Å². The summed E-state index contributed by atoms with van der Waals surface area (Å²) in [6, 6.07) is 5.91. The smallest absolute Gasteiger partial charge is 0.254 e. The van der Waals surface area contributed by atoms with Crippen molar-refractivity contribution < 1.29 is 9.53 Å². The molecular formula is C15H16N4O2. The number of rotatable bonds is 5. The van der Waals surface area contributed by atoms with Gasteiger partial charge in [-0.1, -0.05) is 0 Å². The van der Waals surface area contributed by atoms with Gasteiger partial charge in [0.25, 0.3) is 5.91 Å². The first-order valence-electron chi connectivity index (χ1n) is 6.69. The van der Waals surface area contributed by atoms with E-state index in [1.54, 1.807) is 13.3 Å². The molecule has 1 aromatic carbocycles. The lowest BCUT2D eigenvalue weighted by atomic mass is 10.1. The number of methoxy groups -OCH3 is 1. The summed E-state index contributed by atoms with van der Waals surface area (Å²) < 4.78 is 5.24. The van der Waals surface area contributed by atoms with Crippen LogP contribution in [0.15, 0.2) is 36.8 Å². The quantitative estimate of drug-likeness (QED) is 0.669. The zero-order valence-corrected chi connectivity index (χ0v) is 11.6. The first-order valence-corrected chi connectivity index (χ1v) is 6.69. The summed E-state index contributed by atoms with van der Waals surface area (Å²) in [6.07, 6.45) is 5.79. The summed E-state index contributed by atoms with van der Waals surface area (Å²) in [5.74, 6) is 0.701. The number of hydrogen-bond donors (Lipinski definition) is 3. The van der Waals surface area contributed by atoms with E-state index in [9.17, 15) is 4.79 Å². The van der Waals surface area contributed by atoms with E-state index >= 15 is 0 Å². The fourth-order valence-corrected chi connectivity index (χ4v) is 2.28. The molecule has 0 aliphatic carbocycles. The highest BCUT2D eigenvalue weighted by Gasteiger charge is 2.08. The number of amides is 1. The van der Waals surface area contributed by atoms with Crippen LogP contribution >= 0.6 is 0 Å². The van der Waals surface area contributed by atoms with Gasteiger partial charge in [-0.25, -0.2) is 0 Å². The third-order valence-electron chi connectivity index (χ3n) is 3.41. The Balaban J connectivity index is 1.66. The average Bonchev–Trinajstić information content (AvgIpc) is 3.16. The second-order valence-corrected chi connectivity index (χ2v) is 4.72. The maximum Gasteiger partial charge on any atom is 0.254 e. The van der Waals surface area contributed by atoms with Crippen molar-refractivity contribution in [2.24, 2.45) is 0 Å². The summed E-state index contributed by atoms with van der Waals surface area (Å²) in [7, 11) is 1.65. The summed E-state index contributed by atoms with van der Waals surface area (Å²) in [4.78, 5) is 15.0. The summed E-state index contributed by atoms with van der Waals surface area (Å²) in [5.41, 5.74) is 2.75. The average molecular weight is 284 g/mol. The van der Waals surface area contributed by atoms with Crippen LogP contribution in [-0.2, 0) is 6.42 Å². The molecule has 6 nitrogen and oxygen atoms in total. The maximum atomic E-state index is 11.8. The van der Waals surface area contributed by atoms with Gasteiger partial charge < -0.3 is 15.0 Å². The predicted molar refractivity (Wildman–Crippen MR) is 79.5 cm³/mol. The van der Waals surface area contributed by atoms with Crippen LogP contribution in [-0.4, -0.2) is 34.7 Å². The van der Waals surface area contributed by atoms with Gasteiger partial charge in [0.05, 0.1) is 18.9 Å². The number of benzene rings is 1. The number of aromatic nitrogens is 3. The minimum absolute atomic E-state index is 0.124. The van der Waals surface area contributed by atoms with E-state index in [4.69, 9.17) is 4.74 Å². The van der Waals surface area contributed by atoms with Gasteiger partial charge in [-0.15, -0.1) is 0 Å². The summed E-state index contributed by atoms with van der Waals surface area (Å²) >= 11 is 0. The van der Waals surface area contributed by atoms with E-state index in [0.29, 0.717) is 12.1 Å². The molecule has 0 fully saturated rings. The molecule has 3 rings (SSSR count). The van der Waals surface area contributed by atoms with Crippen LogP contribution in [0.25, 0.3) is 10.9 Å². The fourth-order valence-electron chi connectivity index (χ4n) is 2.28. The molecule has 0 aliphatic rings. The van der Waals surface area contributed by atoms with Gasteiger partial charge in [-0.3, -0.25) is 9.89 Å². The van der Waals surface area contributed by atoms with E-state index in [2.05, 4.69) is 20.5 Å². The predicted octanol–water partition coefficient (Wildman–Crippen LogP) is 1.87. The molecule has 3 aromatic rings. The zero-order valence-electron chi connectivity index (χ0n) is 11.6. The largest absolute Gasteiger partial charge is 0.497 e.